The van der Waals surface area contributed by atoms with E-state index >= 15 is 0 Å². The summed E-state index contributed by atoms with van der Waals surface area (Å²) in [6.45, 7) is 14.0. The smallest absolute Gasteiger partial charge is 0.176 e. The van der Waals surface area contributed by atoms with E-state index in [0.29, 0.717) is 0 Å². The molecule has 0 N–H and O–H groups in total. The van der Waals surface area contributed by atoms with Gasteiger partial charge in [0, 0.05) is 0 Å². The zero-order valence-corrected chi connectivity index (χ0v) is 12.9. The first-order valence-corrected chi connectivity index (χ1v) is 12.0. The van der Waals surface area contributed by atoms with Gasteiger partial charge in [0.2, 0.25) is 0 Å². The van der Waals surface area contributed by atoms with E-state index < -0.39 is 16.6 Å². The molecule has 0 aromatic rings. The molecule has 0 aliphatic heterocycles. The Morgan fingerprint density at radius 1 is 0.929 bits per heavy atom. The van der Waals surface area contributed by atoms with Crippen molar-refractivity contribution >= 4 is 16.6 Å². The summed E-state index contributed by atoms with van der Waals surface area (Å²) >= 11 is 0. The molecule has 1 nitrogen and oxygen atoms in total. The molecule has 0 aliphatic carbocycles. The molecule has 0 spiro atoms. The van der Waals surface area contributed by atoms with Crippen molar-refractivity contribution in [3.8, 4) is 0 Å². The van der Waals surface area contributed by atoms with Crippen LogP contribution in [-0.4, -0.2) is 16.6 Å². The van der Waals surface area contributed by atoms with Crippen LogP contribution in [0, 0.1) is 0 Å². The second-order valence-corrected chi connectivity index (χ2v) is 14.3. The van der Waals surface area contributed by atoms with Gasteiger partial charge < -0.3 is 4.12 Å². The lowest BCUT2D eigenvalue weighted by molar-refractivity contribution is 0.526. The fourth-order valence-electron chi connectivity index (χ4n) is 1.59. The topological polar surface area (TPSA) is 9.23 Å². The van der Waals surface area contributed by atoms with Gasteiger partial charge in [0.25, 0.3) is 0 Å². The summed E-state index contributed by atoms with van der Waals surface area (Å²) in [4.78, 5) is 0. The van der Waals surface area contributed by atoms with Crippen LogP contribution in [0.1, 0.15) is 33.6 Å². The number of unbranched alkanes of at least 4 members (excludes halogenated alkanes) is 1. The Kier molecular flexibility index (Phi) is 6.25. The molecule has 0 aromatic carbocycles. The largest absolute Gasteiger partial charge is 0.455 e. The van der Waals surface area contributed by atoms with Crippen LogP contribution in [0.3, 0.4) is 0 Å². The van der Waals surface area contributed by atoms with E-state index in [1.807, 2.05) is 0 Å². The van der Waals surface area contributed by atoms with Gasteiger partial charge in [0.05, 0.1) is 0 Å². The fourth-order valence-corrected chi connectivity index (χ4v) is 9.94. The van der Waals surface area contributed by atoms with Crippen LogP contribution in [0.5, 0.6) is 0 Å². The van der Waals surface area contributed by atoms with E-state index in [1.54, 1.807) is 0 Å². The first-order valence-electron chi connectivity index (χ1n) is 6.09. The molecule has 1 unspecified atom stereocenters. The van der Waals surface area contributed by atoms with E-state index in [0.717, 1.165) is 0 Å². The van der Waals surface area contributed by atoms with Crippen LogP contribution >= 0.6 is 0 Å². The molecule has 3 heteroatoms. The Labute approximate surface area is 92.5 Å². The van der Waals surface area contributed by atoms with E-state index in [9.17, 15) is 0 Å². The van der Waals surface area contributed by atoms with Crippen molar-refractivity contribution < 1.29 is 4.12 Å². The van der Waals surface area contributed by atoms with Crippen LogP contribution < -0.4 is 0 Å². The van der Waals surface area contributed by atoms with Crippen LogP contribution in [0.15, 0.2) is 0 Å². The second-order valence-electron chi connectivity index (χ2n) is 5.12. The highest BCUT2D eigenvalue weighted by molar-refractivity contribution is 6.85. The van der Waals surface area contributed by atoms with Crippen molar-refractivity contribution in [3.05, 3.63) is 0 Å². The highest BCUT2D eigenvalue weighted by atomic mass is 28.4. The lowest BCUT2D eigenvalue weighted by atomic mass is 10.4. The molecule has 0 heterocycles. The molecule has 86 valence electrons. The summed E-state index contributed by atoms with van der Waals surface area (Å²) in [7, 11) is -2.66. The van der Waals surface area contributed by atoms with Crippen LogP contribution in [0.25, 0.3) is 0 Å². The van der Waals surface area contributed by atoms with E-state index in [2.05, 4.69) is 40.4 Å². The molecule has 0 saturated carbocycles. The van der Waals surface area contributed by atoms with Crippen molar-refractivity contribution in [3.63, 3.8) is 0 Å². The van der Waals surface area contributed by atoms with E-state index in [4.69, 9.17) is 4.12 Å². The molecule has 0 aromatic heterocycles. The lowest BCUT2D eigenvalue weighted by Gasteiger charge is -2.35. The van der Waals surface area contributed by atoms with E-state index in [-0.39, 0.29) is 0 Å². The van der Waals surface area contributed by atoms with Gasteiger partial charge in [-0.3, -0.25) is 0 Å². The van der Waals surface area contributed by atoms with Crippen LogP contribution in [0.2, 0.25) is 37.8 Å². The molecule has 1 atom stereocenters. The molecule has 0 radical (unpaired) electrons. The van der Waals surface area contributed by atoms with Gasteiger partial charge in [-0.1, -0.05) is 33.6 Å². The highest BCUT2D eigenvalue weighted by Crippen LogP contribution is 2.26. The average Bonchev–Trinajstić information content (AvgIpc) is 2.14. The summed E-state index contributed by atoms with van der Waals surface area (Å²) < 4.78 is 6.50. The minimum absolute atomic E-state index is 1.25. The summed E-state index contributed by atoms with van der Waals surface area (Å²) in [6.07, 6.45) is 2.66. The van der Waals surface area contributed by atoms with Gasteiger partial charge in [0.15, 0.2) is 16.6 Å². The van der Waals surface area contributed by atoms with Crippen molar-refractivity contribution in [2.24, 2.45) is 0 Å². The SMILES string of the molecule is CCCC[Si](C)(CC)O[Si](C)(C)CC. The quantitative estimate of drug-likeness (QED) is 0.582. The van der Waals surface area contributed by atoms with Crippen molar-refractivity contribution in [1.82, 2.24) is 0 Å². The average molecular weight is 233 g/mol. The number of hydrogen-bond donors (Lipinski definition) is 0. The van der Waals surface area contributed by atoms with Gasteiger partial charge in [-0.25, -0.2) is 0 Å². The Morgan fingerprint density at radius 3 is 1.86 bits per heavy atom. The number of hydrogen-bond acceptors (Lipinski definition) is 1. The van der Waals surface area contributed by atoms with Crippen molar-refractivity contribution in [2.75, 3.05) is 0 Å². The Bertz CT molecular complexity index is 159. The summed E-state index contributed by atoms with van der Waals surface area (Å²) in [6, 6.07) is 3.89. The maximum Gasteiger partial charge on any atom is 0.176 e. The third-order valence-electron chi connectivity index (χ3n) is 3.18. The molecule has 0 rings (SSSR count). The molecular weight excluding hydrogens is 204 g/mol. The molecule has 0 fully saturated rings. The third-order valence-corrected chi connectivity index (χ3v) is 12.0. The first-order chi connectivity index (χ1) is 6.39. The Morgan fingerprint density at radius 2 is 1.50 bits per heavy atom. The van der Waals surface area contributed by atoms with Gasteiger partial charge in [-0.15, -0.1) is 0 Å². The normalized spacial score (nSPS) is 16.7. The Hall–Kier alpha value is 0.394. The van der Waals surface area contributed by atoms with Crippen LogP contribution in [-0.2, 0) is 4.12 Å². The zero-order chi connectivity index (χ0) is 11.2. The lowest BCUT2D eigenvalue weighted by Crippen LogP contribution is -2.45. The van der Waals surface area contributed by atoms with Crippen LogP contribution in [0.4, 0.5) is 0 Å². The Balaban J connectivity index is 4.23. The molecule has 14 heavy (non-hydrogen) atoms. The third kappa shape index (κ3) is 5.32. The predicted octanol–water partition coefficient (Wildman–Crippen LogP) is 4.62. The molecule has 0 saturated heterocycles. The highest BCUT2D eigenvalue weighted by Gasteiger charge is 2.33. The van der Waals surface area contributed by atoms with Gasteiger partial charge in [0.1, 0.15) is 0 Å². The fraction of sp³-hybridized carbons (Fsp3) is 1.00. The monoisotopic (exact) mass is 232 g/mol. The maximum atomic E-state index is 6.50. The molecule has 0 aliphatic rings. The number of rotatable bonds is 7. The van der Waals surface area contributed by atoms with Gasteiger partial charge in [-0.05, 0) is 37.8 Å². The standard InChI is InChI=1S/C11H28OSi2/c1-7-10-11-14(6,9-3)12-13(4,5)8-2/h7-11H2,1-6H3. The summed E-state index contributed by atoms with van der Waals surface area (Å²) in [5.41, 5.74) is 0. The van der Waals surface area contributed by atoms with E-state index in [1.165, 1.54) is 31.0 Å². The van der Waals surface area contributed by atoms with Gasteiger partial charge in [-0.2, -0.15) is 0 Å². The van der Waals surface area contributed by atoms with Crippen molar-refractivity contribution in [1.29, 1.82) is 0 Å². The molecule has 0 bridgehead atoms. The summed E-state index contributed by atoms with van der Waals surface area (Å²) in [5.74, 6) is 0. The zero-order valence-electron chi connectivity index (χ0n) is 10.9. The molecule has 0 amide bonds. The maximum absolute atomic E-state index is 6.50. The molecular formula is C11H28OSi2. The minimum Gasteiger partial charge on any atom is -0.455 e. The van der Waals surface area contributed by atoms with Gasteiger partial charge >= 0.3 is 0 Å². The summed E-state index contributed by atoms with van der Waals surface area (Å²) in [5, 5.41) is 0. The first kappa shape index (κ1) is 14.4. The minimum atomic E-state index is -1.34. The second kappa shape index (κ2) is 6.08. The predicted molar refractivity (Wildman–Crippen MR) is 70.9 cm³/mol. The van der Waals surface area contributed by atoms with Crippen molar-refractivity contribution in [2.45, 2.75) is 71.4 Å².